The zero-order valence-electron chi connectivity index (χ0n) is 53.4. The third kappa shape index (κ3) is 65.1. The fraction of sp³-hybridized carbons (Fsp3) is 0.890. The Morgan fingerprint density at radius 3 is 0.937 bits per heavy atom. The van der Waals surface area contributed by atoms with Gasteiger partial charge in [0.25, 0.3) is 0 Å². The lowest BCUT2D eigenvalue weighted by molar-refractivity contribution is -0.143. The van der Waals surface area contributed by atoms with Gasteiger partial charge < -0.3 is 20.3 Å². The van der Waals surface area contributed by atoms with Crippen molar-refractivity contribution < 1.29 is 24.5 Å². The Bertz CT molecular complexity index is 1280. The summed E-state index contributed by atoms with van der Waals surface area (Å²) in [6, 6.07) is -0.626. The standard InChI is InChI=1S/C73H139NO5/c1-3-5-7-9-11-13-15-16-17-18-36-39-42-46-49-53-57-61-65-71(76)70(69-75)74-72(77)66-62-58-54-50-47-43-40-37-34-32-30-28-26-24-22-20-19-21-23-25-27-29-31-33-35-38-41-44-48-52-56-60-64-68-79-73(78)67-63-59-55-51-45-14-12-10-8-6-4-2/h10,12,23,25,61,65,70-71,75-76H,3-9,11,13-22,24,26-60,62-64,66-69H2,1-2H3,(H,74,77)/b12-10-,25-23-,65-61+. The van der Waals surface area contributed by atoms with Gasteiger partial charge in [-0.05, 0) is 77.0 Å². The molecule has 2 unspecified atom stereocenters. The highest BCUT2D eigenvalue weighted by Crippen LogP contribution is 2.18. The van der Waals surface area contributed by atoms with Crippen molar-refractivity contribution in [1.29, 1.82) is 0 Å². The molecule has 0 aromatic rings. The number of hydrogen-bond acceptors (Lipinski definition) is 5. The van der Waals surface area contributed by atoms with Gasteiger partial charge in [-0.2, -0.15) is 0 Å². The quantitative estimate of drug-likeness (QED) is 0.0320. The molecule has 0 aromatic carbocycles. The van der Waals surface area contributed by atoms with Crippen LogP contribution in [0.2, 0.25) is 0 Å². The predicted octanol–water partition coefficient (Wildman–Crippen LogP) is 23.1. The minimum atomic E-state index is -0.843. The minimum Gasteiger partial charge on any atom is -0.466 e. The molecule has 0 heterocycles. The van der Waals surface area contributed by atoms with Crippen LogP contribution in [0.4, 0.5) is 0 Å². The Hall–Kier alpha value is -1.92. The number of allylic oxidation sites excluding steroid dienone is 5. The van der Waals surface area contributed by atoms with Gasteiger partial charge in [0.05, 0.1) is 25.4 Å². The van der Waals surface area contributed by atoms with Gasteiger partial charge in [0.2, 0.25) is 5.91 Å². The van der Waals surface area contributed by atoms with E-state index in [0.29, 0.717) is 19.4 Å². The van der Waals surface area contributed by atoms with E-state index >= 15 is 0 Å². The monoisotopic (exact) mass is 1110 g/mol. The molecule has 0 aliphatic rings. The summed E-state index contributed by atoms with van der Waals surface area (Å²) in [7, 11) is 0. The summed E-state index contributed by atoms with van der Waals surface area (Å²) in [4.78, 5) is 24.5. The summed E-state index contributed by atoms with van der Waals surface area (Å²) in [6.45, 7) is 4.90. The molecule has 0 aliphatic heterocycles. The van der Waals surface area contributed by atoms with Crippen molar-refractivity contribution in [3.05, 3.63) is 36.5 Å². The summed E-state index contributed by atoms with van der Waals surface area (Å²) in [6.07, 6.45) is 88.1. The fourth-order valence-corrected chi connectivity index (χ4v) is 11.1. The summed E-state index contributed by atoms with van der Waals surface area (Å²) in [5, 5.41) is 23.2. The van der Waals surface area contributed by atoms with Gasteiger partial charge >= 0.3 is 5.97 Å². The molecular formula is C73H139NO5. The van der Waals surface area contributed by atoms with Crippen LogP contribution in [0.25, 0.3) is 0 Å². The summed E-state index contributed by atoms with van der Waals surface area (Å²) < 4.78 is 5.47. The van der Waals surface area contributed by atoms with Crippen molar-refractivity contribution in [2.75, 3.05) is 13.2 Å². The average molecular weight is 1110 g/mol. The predicted molar refractivity (Wildman–Crippen MR) is 347 cm³/mol. The highest BCUT2D eigenvalue weighted by atomic mass is 16.5. The molecule has 0 rings (SSSR count). The van der Waals surface area contributed by atoms with Crippen LogP contribution in [0.3, 0.4) is 0 Å². The molecule has 0 saturated heterocycles. The maximum absolute atomic E-state index is 12.5. The molecule has 1 amide bonds. The number of unbranched alkanes of at least 4 members (excludes halogenated alkanes) is 52. The Labute approximate surface area is 494 Å². The van der Waals surface area contributed by atoms with E-state index in [1.54, 1.807) is 6.08 Å². The number of nitrogens with one attached hydrogen (secondary N) is 1. The molecule has 466 valence electrons. The van der Waals surface area contributed by atoms with Crippen LogP contribution in [0.5, 0.6) is 0 Å². The lowest BCUT2D eigenvalue weighted by Gasteiger charge is -2.20. The Balaban J connectivity index is 3.37. The molecule has 6 nitrogen and oxygen atoms in total. The SMILES string of the molecule is CCCC/C=C\CCCCCCCC(=O)OCCCCCCCCCCCCCC/C=C\CCCCCCCCCCCCCCCCCCCC(=O)NC(CO)C(O)/C=C/CCCCCCCCCCCCCCCCCC. The van der Waals surface area contributed by atoms with Crippen LogP contribution in [-0.4, -0.2) is 47.4 Å². The molecule has 0 aliphatic carbocycles. The van der Waals surface area contributed by atoms with Gasteiger partial charge in [-0.15, -0.1) is 0 Å². The maximum atomic E-state index is 12.5. The van der Waals surface area contributed by atoms with Crippen LogP contribution in [0, 0.1) is 0 Å². The van der Waals surface area contributed by atoms with Crippen LogP contribution in [0.1, 0.15) is 393 Å². The third-order valence-electron chi connectivity index (χ3n) is 16.6. The lowest BCUT2D eigenvalue weighted by Crippen LogP contribution is -2.45. The van der Waals surface area contributed by atoms with E-state index in [9.17, 15) is 19.8 Å². The van der Waals surface area contributed by atoms with Crippen molar-refractivity contribution in [2.24, 2.45) is 0 Å². The second-order valence-electron chi connectivity index (χ2n) is 24.6. The first-order valence-electron chi connectivity index (χ1n) is 35.8. The number of ether oxygens (including phenoxy) is 1. The van der Waals surface area contributed by atoms with E-state index in [4.69, 9.17) is 4.74 Å². The number of hydrogen-bond donors (Lipinski definition) is 3. The van der Waals surface area contributed by atoms with E-state index in [2.05, 4.69) is 43.5 Å². The highest BCUT2D eigenvalue weighted by molar-refractivity contribution is 5.76. The van der Waals surface area contributed by atoms with E-state index < -0.39 is 12.1 Å². The first-order chi connectivity index (χ1) is 39.0. The van der Waals surface area contributed by atoms with E-state index in [0.717, 1.165) is 44.9 Å². The van der Waals surface area contributed by atoms with Crippen LogP contribution >= 0.6 is 0 Å². The highest BCUT2D eigenvalue weighted by Gasteiger charge is 2.18. The number of carbonyl (C=O) groups excluding carboxylic acids is 2. The van der Waals surface area contributed by atoms with E-state index in [1.165, 1.54) is 321 Å². The number of esters is 1. The Kier molecular flexibility index (Phi) is 66.9. The molecule has 2 atom stereocenters. The first kappa shape index (κ1) is 77.1. The zero-order chi connectivity index (χ0) is 57.1. The normalized spacial score (nSPS) is 12.7. The number of rotatable bonds is 67. The smallest absolute Gasteiger partial charge is 0.305 e. The van der Waals surface area contributed by atoms with Crippen LogP contribution in [0.15, 0.2) is 36.5 Å². The van der Waals surface area contributed by atoms with Gasteiger partial charge in [-0.1, -0.05) is 339 Å². The molecule has 0 bridgehead atoms. The number of aliphatic hydroxyl groups excluding tert-OH is 2. The molecule has 3 N–H and O–H groups in total. The molecule has 0 saturated carbocycles. The number of aliphatic hydroxyl groups is 2. The van der Waals surface area contributed by atoms with Crippen molar-refractivity contribution in [2.45, 2.75) is 405 Å². The molecule has 79 heavy (non-hydrogen) atoms. The van der Waals surface area contributed by atoms with E-state index in [1.807, 2.05) is 6.08 Å². The fourth-order valence-electron chi connectivity index (χ4n) is 11.1. The summed E-state index contributed by atoms with van der Waals surface area (Å²) in [5.41, 5.74) is 0. The second-order valence-corrected chi connectivity index (χ2v) is 24.6. The largest absolute Gasteiger partial charge is 0.466 e. The molecule has 0 aromatic heterocycles. The molecule has 0 spiro atoms. The number of amides is 1. The Morgan fingerprint density at radius 1 is 0.342 bits per heavy atom. The maximum Gasteiger partial charge on any atom is 0.305 e. The first-order valence-corrected chi connectivity index (χ1v) is 35.8. The van der Waals surface area contributed by atoms with Crippen molar-refractivity contribution in [1.82, 2.24) is 5.32 Å². The molecule has 0 radical (unpaired) electrons. The van der Waals surface area contributed by atoms with Crippen molar-refractivity contribution in [3.8, 4) is 0 Å². The molecule has 6 heteroatoms. The average Bonchev–Trinajstić information content (AvgIpc) is 3.45. The minimum absolute atomic E-state index is 0.00754. The summed E-state index contributed by atoms with van der Waals surface area (Å²) >= 11 is 0. The topological polar surface area (TPSA) is 95.9 Å². The molecular weight excluding hydrogens is 971 g/mol. The molecule has 0 fully saturated rings. The van der Waals surface area contributed by atoms with Gasteiger partial charge in [0, 0.05) is 12.8 Å². The zero-order valence-corrected chi connectivity index (χ0v) is 53.4. The van der Waals surface area contributed by atoms with Gasteiger partial charge in [0.15, 0.2) is 0 Å². The summed E-state index contributed by atoms with van der Waals surface area (Å²) in [5.74, 6) is -0.0542. The Morgan fingerprint density at radius 2 is 0.608 bits per heavy atom. The van der Waals surface area contributed by atoms with Gasteiger partial charge in [-0.25, -0.2) is 0 Å². The van der Waals surface area contributed by atoms with Crippen LogP contribution in [-0.2, 0) is 14.3 Å². The van der Waals surface area contributed by atoms with Crippen molar-refractivity contribution >= 4 is 11.9 Å². The number of carbonyl (C=O) groups is 2. The second kappa shape index (κ2) is 68.6. The lowest BCUT2D eigenvalue weighted by atomic mass is 10.0. The van der Waals surface area contributed by atoms with Crippen molar-refractivity contribution in [3.63, 3.8) is 0 Å². The van der Waals surface area contributed by atoms with Gasteiger partial charge in [0.1, 0.15) is 0 Å². The third-order valence-corrected chi connectivity index (χ3v) is 16.6. The van der Waals surface area contributed by atoms with Gasteiger partial charge in [-0.3, -0.25) is 9.59 Å². The van der Waals surface area contributed by atoms with Crippen LogP contribution < -0.4 is 5.32 Å². The van der Waals surface area contributed by atoms with E-state index in [-0.39, 0.29) is 18.5 Å².